The average Bonchev–Trinajstić information content (AvgIpc) is 2.54. The molecule has 1 aliphatic rings. The van der Waals surface area contributed by atoms with Crippen molar-refractivity contribution in [1.82, 2.24) is 5.32 Å². The molecule has 1 unspecified atom stereocenters. The summed E-state index contributed by atoms with van der Waals surface area (Å²) < 4.78 is 0. The number of hydrogen-bond acceptors (Lipinski definition) is 2. The smallest absolute Gasteiger partial charge is 0.303 e. The van der Waals surface area contributed by atoms with Crippen molar-refractivity contribution in [2.24, 2.45) is 0 Å². The normalized spacial score (nSPS) is 19.9. The van der Waals surface area contributed by atoms with Crippen LogP contribution in [0, 0.1) is 0 Å². The maximum absolute atomic E-state index is 12.7. The number of amides is 1. The van der Waals surface area contributed by atoms with E-state index in [1.165, 1.54) is 11.1 Å². The number of carbonyl (C=O) groups excluding carboxylic acids is 1. The molecule has 0 aromatic heterocycles. The van der Waals surface area contributed by atoms with E-state index in [1.807, 2.05) is 19.1 Å². The van der Waals surface area contributed by atoms with Crippen molar-refractivity contribution in [3.05, 3.63) is 35.4 Å². The number of benzene rings is 1. The second kappa shape index (κ2) is 8.14. The summed E-state index contributed by atoms with van der Waals surface area (Å²) in [6.07, 6.45) is 6.73. The van der Waals surface area contributed by atoms with Crippen LogP contribution in [0.15, 0.2) is 24.3 Å². The Morgan fingerprint density at radius 1 is 1.17 bits per heavy atom. The molecule has 0 saturated heterocycles. The number of carbonyl (C=O) groups is 2. The van der Waals surface area contributed by atoms with Gasteiger partial charge in [0, 0.05) is 13.0 Å². The molecule has 1 atom stereocenters. The molecule has 0 aliphatic heterocycles. The van der Waals surface area contributed by atoms with Gasteiger partial charge in [0.25, 0.3) is 0 Å². The molecule has 0 bridgehead atoms. The standard InChI is InChI=1S/C19H27NO3/c1-19(13-8-10-15-9-5-6-11-16(15)19)18(23)20-14-7-3-2-4-12-17(21)22/h5-6,9,11H,2-4,7-8,10,12-14H2,1H3,(H,20,23)(H,21,22). The zero-order chi connectivity index (χ0) is 16.7. The summed E-state index contributed by atoms with van der Waals surface area (Å²) in [6, 6.07) is 8.26. The van der Waals surface area contributed by atoms with Crippen LogP contribution in [0.25, 0.3) is 0 Å². The Morgan fingerprint density at radius 3 is 2.70 bits per heavy atom. The highest BCUT2D eigenvalue weighted by Gasteiger charge is 2.38. The maximum Gasteiger partial charge on any atom is 0.303 e. The molecule has 2 rings (SSSR count). The van der Waals surface area contributed by atoms with Crippen LogP contribution in [-0.4, -0.2) is 23.5 Å². The van der Waals surface area contributed by atoms with Crippen LogP contribution in [0.4, 0.5) is 0 Å². The average molecular weight is 317 g/mol. The molecule has 23 heavy (non-hydrogen) atoms. The van der Waals surface area contributed by atoms with Gasteiger partial charge in [0.05, 0.1) is 5.41 Å². The van der Waals surface area contributed by atoms with Crippen LogP contribution in [-0.2, 0) is 21.4 Å². The van der Waals surface area contributed by atoms with E-state index in [2.05, 4.69) is 17.4 Å². The lowest BCUT2D eigenvalue weighted by Gasteiger charge is -2.34. The molecule has 1 amide bonds. The van der Waals surface area contributed by atoms with Crippen LogP contribution in [0.3, 0.4) is 0 Å². The Hall–Kier alpha value is -1.84. The molecule has 0 heterocycles. The third-order valence-electron chi connectivity index (χ3n) is 4.84. The van der Waals surface area contributed by atoms with Gasteiger partial charge in [-0.2, -0.15) is 0 Å². The highest BCUT2D eigenvalue weighted by Crippen LogP contribution is 2.37. The van der Waals surface area contributed by atoms with Gasteiger partial charge in [-0.05, 0) is 50.2 Å². The quantitative estimate of drug-likeness (QED) is 0.722. The predicted octanol–water partition coefficient (Wildman–Crippen LogP) is 3.43. The summed E-state index contributed by atoms with van der Waals surface area (Å²) in [5.74, 6) is -0.614. The monoisotopic (exact) mass is 317 g/mol. The third kappa shape index (κ3) is 4.57. The molecule has 126 valence electrons. The van der Waals surface area contributed by atoms with E-state index in [9.17, 15) is 9.59 Å². The molecular formula is C19H27NO3. The molecule has 0 radical (unpaired) electrons. The number of carboxylic acid groups (broad SMARTS) is 1. The first-order valence-electron chi connectivity index (χ1n) is 8.62. The molecule has 4 nitrogen and oxygen atoms in total. The largest absolute Gasteiger partial charge is 0.481 e. The number of nitrogens with one attached hydrogen (secondary N) is 1. The number of rotatable bonds is 8. The SMILES string of the molecule is CC1(C(=O)NCCCCCCC(=O)O)CCCc2ccccc21. The van der Waals surface area contributed by atoms with Crippen LogP contribution in [0.2, 0.25) is 0 Å². The molecule has 0 fully saturated rings. The van der Waals surface area contributed by atoms with E-state index in [1.54, 1.807) is 0 Å². The predicted molar refractivity (Wildman–Crippen MR) is 90.5 cm³/mol. The Morgan fingerprint density at radius 2 is 1.91 bits per heavy atom. The Labute approximate surface area is 138 Å². The molecule has 1 aromatic rings. The minimum absolute atomic E-state index is 0.121. The highest BCUT2D eigenvalue weighted by atomic mass is 16.4. The minimum atomic E-state index is -0.734. The van der Waals surface area contributed by atoms with Gasteiger partial charge in [0.15, 0.2) is 0 Å². The second-order valence-electron chi connectivity index (χ2n) is 6.66. The first-order chi connectivity index (χ1) is 11.0. The molecule has 0 spiro atoms. The van der Waals surface area contributed by atoms with Gasteiger partial charge in [-0.15, -0.1) is 0 Å². The van der Waals surface area contributed by atoms with Crippen LogP contribution < -0.4 is 5.32 Å². The fourth-order valence-corrected chi connectivity index (χ4v) is 3.43. The summed E-state index contributed by atoms with van der Waals surface area (Å²) in [4.78, 5) is 23.1. The first kappa shape index (κ1) is 17.5. The van der Waals surface area contributed by atoms with Crippen molar-refractivity contribution in [2.75, 3.05) is 6.54 Å². The van der Waals surface area contributed by atoms with E-state index in [4.69, 9.17) is 5.11 Å². The third-order valence-corrected chi connectivity index (χ3v) is 4.84. The molecule has 2 N–H and O–H groups in total. The van der Waals surface area contributed by atoms with Crippen molar-refractivity contribution in [2.45, 2.75) is 63.7 Å². The fourth-order valence-electron chi connectivity index (χ4n) is 3.43. The van der Waals surface area contributed by atoms with Crippen LogP contribution in [0.5, 0.6) is 0 Å². The molecular weight excluding hydrogens is 290 g/mol. The molecule has 4 heteroatoms. The highest BCUT2D eigenvalue weighted by molar-refractivity contribution is 5.88. The Balaban J connectivity index is 1.79. The van der Waals surface area contributed by atoms with E-state index < -0.39 is 11.4 Å². The number of fused-ring (bicyclic) bond motifs is 1. The second-order valence-corrected chi connectivity index (χ2v) is 6.66. The van der Waals surface area contributed by atoms with Gasteiger partial charge in [-0.1, -0.05) is 37.1 Å². The van der Waals surface area contributed by atoms with Gasteiger partial charge < -0.3 is 10.4 Å². The number of hydrogen-bond donors (Lipinski definition) is 2. The molecule has 1 aliphatic carbocycles. The van der Waals surface area contributed by atoms with E-state index in [0.717, 1.165) is 38.5 Å². The zero-order valence-electron chi connectivity index (χ0n) is 13.9. The maximum atomic E-state index is 12.7. The Kier molecular flexibility index (Phi) is 6.20. The summed E-state index contributed by atoms with van der Waals surface area (Å²) >= 11 is 0. The van der Waals surface area contributed by atoms with Crippen LogP contribution in [0.1, 0.15) is 63.0 Å². The lowest BCUT2D eigenvalue weighted by atomic mass is 9.70. The topological polar surface area (TPSA) is 66.4 Å². The van der Waals surface area contributed by atoms with E-state index in [-0.39, 0.29) is 12.3 Å². The van der Waals surface area contributed by atoms with Gasteiger partial charge >= 0.3 is 5.97 Å². The van der Waals surface area contributed by atoms with E-state index in [0.29, 0.717) is 13.0 Å². The summed E-state index contributed by atoms with van der Waals surface area (Å²) in [7, 11) is 0. The lowest BCUT2D eigenvalue weighted by molar-refractivity contribution is -0.137. The molecule has 0 saturated carbocycles. The first-order valence-corrected chi connectivity index (χ1v) is 8.62. The van der Waals surface area contributed by atoms with Crippen LogP contribution >= 0.6 is 0 Å². The van der Waals surface area contributed by atoms with Crippen molar-refractivity contribution in [3.63, 3.8) is 0 Å². The van der Waals surface area contributed by atoms with Gasteiger partial charge in [-0.3, -0.25) is 9.59 Å². The Bertz CT molecular complexity index is 555. The lowest BCUT2D eigenvalue weighted by Crippen LogP contribution is -2.44. The van der Waals surface area contributed by atoms with Crippen molar-refractivity contribution in [1.29, 1.82) is 0 Å². The summed E-state index contributed by atoms with van der Waals surface area (Å²) in [6.45, 7) is 2.72. The number of unbranched alkanes of at least 4 members (excludes halogenated alkanes) is 3. The van der Waals surface area contributed by atoms with E-state index >= 15 is 0 Å². The fraction of sp³-hybridized carbons (Fsp3) is 0.579. The minimum Gasteiger partial charge on any atom is -0.481 e. The van der Waals surface area contributed by atoms with Gasteiger partial charge in [0.1, 0.15) is 0 Å². The number of carboxylic acids is 1. The van der Waals surface area contributed by atoms with Gasteiger partial charge in [-0.25, -0.2) is 0 Å². The number of aryl methyl sites for hydroxylation is 1. The zero-order valence-corrected chi connectivity index (χ0v) is 13.9. The number of aliphatic carboxylic acids is 1. The van der Waals surface area contributed by atoms with Crippen molar-refractivity contribution < 1.29 is 14.7 Å². The van der Waals surface area contributed by atoms with Crippen molar-refractivity contribution in [3.8, 4) is 0 Å². The molecule has 1 aromatic carbocycles. The summed E-state index contributed by atoms with van der Waals surface area (Å²) in [5.41, 5.74) is 2.05. The van der Waals surface area contributed by atoms with Crippen molar-refractivity contribution >= 4 is 11.9 Å². The summed E-state index contributed by atoms with van der Waals surface area (Å²) in [5, 5.41) is 11.7. The van der Waals surface area contributed by atoms with Gasteiger partial charge in [0.2, 0.25) is 5.91 Å².